The number of unbranched alkanes of at least 4 members (excludes halogenated alkanes) is 1. The average Bonchev–Trinajstić information content (AvgIpc) is 3.15. The molecule has 0 unspecified atom stereocenters. The van der Waals surface area contributed by atoms with Crippen LogP contribution in [0.25, 0.3) is 0 Å². The molecule has 0 saturated carbocycles. The van der Waals surface area contributed by atoms with E-state index in [2.05, 4.69) is 38.4 Å². The van der Waals surface area contributed by atoms with Gasteiger partial charge in [0.2, 0.25) is 5.13 Å². The molecule has 1 aromatic heterocycles. The van der Waals surface area contributed by atoms with Crippen LogP contribution in [0.3, 0.4) is 0 Å². The van der Waals surface area contributed by atoms with Crippen LogP contribution in [-0.2, 0) is 5.75 Å². The van der Waals surface area contributed by atoms with Gasteiger partial charge in [-0.05, 0) is 48.4 Å². The zero-order valence-corrected chi connectivity index (χ0v) is 18.9. The third-order valence-electron chi connectivity index (χ3n) is 3.88. The summed E-state index contributed by atoms with van der Waals surface area (Å²) in [6, 6.07) is 11.9. The van der Waals surface area contributed by atoms with Crippen molar-refractivity contribution in [3.05, 3.63) is 63.9 Å². The Labute approximate surface area is 185 Å². The lowest BCUT2D eigenvalue weighted by atomic mass is 10.2. The molecule has 9 heteroatoms. The van der Waals surface area contributed by atoms with E-state index in [1.165, 1.54) is 29.2 Å². The summed E-state index contributed by atoms with van der Waals surface area (Å²) in [4.78, 5) is 12.4. The minimum atomic E-state index is -0.271. The van der Waals surface area contributed by atoms with Crippen molar-refractivity contribution < 1.29 is 13.9 Å². The number of hydrogen-bond donors (Lipinski definition) is 1. The standard InChI is InChI=1S/C20H19BrFN3O2S2/c1-2-3-10-27-16-8-5-13(6-9-16)18(26)23-19-24-25-20(29-19)28-12-14-4-7-15(21)11-17(14)22/h4-9,11H,2-3,10,12H2,1H3,(H,23,24,26). The second kappa shape index (κ2) is 10.7. The van der Waals surface area contributed by atoms with Gasteiger partial charge in [0.15, 0.2) is 4.34 Å². The van der Waals surface area contributed by atoms with E-state index < -0.39 is 0 Å². The van der Waals surface area contributed by atoms with Crippen LogP contribution >= 0.6 is 39.0 Å². The maximum Gasteiger partial charge on any atom is 0.257 e. The molecule has 0 fully saturated rings. The van der Waals surface area contributed by atoms with Crippen molar-refractivity contribution in [1.82, 2.24) is 10.2 Å². The molecular formula is C20H19BrFN3O2S2. The first-order valence-electron chi connectivity index (χ1n) is 8.99. The highest BCUT2D eigenvalue weighted by atomic mass is 79.9. The Kier molecular flexibility index (Phi) is 8.02. The number of carbonyl (C=O) groups excluding carboxylic acids is 1. The van der Waals surface area contributed by atoms with Gasteiger partial charge in [0.05, 0.1) is 6.61 Å². The van der Waals surface area contributed by atoms with E-state index in [-0.39, 0.29) is 11.7 Å². The summed E-state index contributed by atoms with van der Waals surface area (Å²) in [6.07, 6.45) is 2.06. The Morgan fingerprint density at radius 2 is 2.03 bits per heavy atom. The van der Waals surface area contributed by atoms with Gasteiger partial charge in [-0.25, -0.2) is 4.39 Å². The van der Waals surface area contributed by atoms with E-state index in [1.807, 2.05) is 0 Å². The number of hydrogen-bond acceptors (Lipinski definition) is 6. The molecular weight excluding hydrogens is 477 g/mol. The molecule has 3 rings (SSSR count). The molecule has 0 radical (unpaired) electrons. The number of aromatic nitrogens is 2. The normalized spacial score (nSPS) is 10.7. The zero-order chi connectivity index (χ0) is 20.6. The van der Waals surface area contributed by atoms with Crippen molar-refractivity contribution in [2.45, 2.75) is 29.9 Å². The number of benzene rings is 2. The number of anilines is 1. The number of thioether (sulfide) groups is 1. The minimum absolute atomic E-state index is 0.267. The smallest absolute Gasteiger partial charge is 0.257 e. The van der Waals surface area contributed by atoms with Crippen LogP contribution in [-0.4, -0.2) is 22.7 Å². The van der Waals surface area contributed by atoms with Gasteiger partial charge in [-0.3, -0.25) is 10.1 Å². The fraction of sp³-hybridized carbons (Fsp3) is 0.250. The first-order chi connectivity index (χ1) is 14.0. The van der Waals surface area contributed by atoms with Crippen molar-refractivity contribution in [3.63, 3.8) is 0 Å². The molecule has 3 aromatic rings. The monoisotopic (exact) mass is 495 g/mol. The van der Waals surface area contributed by atoms with Gasteiger partial charge in [-0.15, -0.1) is 10.2 Å². The number of halogens is 2. The lowest BCUT2D eigenvalue weighted by Crippen LogP contribution is -2.11. The van der Waals surface area contributed by atoms with Crippen molar-refractivity contribution in [3.8, 4) is 5.75 Å². The Morgan fingerprint density at radius 3 is 2.76 bits per heavy atom. The van der Waals surface area contributed by atoms with Gasteiger partial charge in [0, 0.05) is 15.8 Å². The number of nitrogens with one attached hydrogen (secondary N) is 1. The van der Waals surface area contributed by atoms with Crippen LogP contribution in [0.15, 0.2) is 51.3 Å². The number of nitrogens with zero attached hydrogens (tertiary/aromatic N) is 2. The van der Waals surface area contributed by atoms with Crippen LogP contribution in [0.1, 0.15) is 35.7 Å². The van der Waals surface area contributed by atoms with E-state index in [4.69, 9.17) is 4.74 Å². The number of amides is 1. The third-order valence-corrected chi connectivity index (χ3v) is 6.39. The predicted molar refractivity (Wildman–Crippen MR) is 118 cm³/mol. The molecule has 152 valence electrons. The van der Waals surface area contributed by atoms with Crippen molar-refractivity contribution in [1.29, 1.82) is 0 Å². The van der Waals surface area contributed by atoms with Crippen LogP contribution in [0.2, 0.25) is 0 Å². The molecule has 1 N–H and O–H groups in total. The molecule has 0 aliphatic heterocycles. The molecule has 1 amide bonds. The molecule has 0 spiro atoms. The van der Waals surface area contributed by atoms with Gasteiger partial charge in [-0.2, -0.15) is 0 Å². The lowest BCUT2D eigenvalue weighted by molar-refractivity contribution is 0.102. The van der Waals surface area contributed by atoms with Crippen molar-refractivity contribution in [2.75, 3.05) is 11.9 Å². The van der Waals surface area contributed by atoms with Gasteiger partial charge in [0.25, 0.3) is 5.91 Å². The molecule has 0 aliphatic rings. The minimum Gasteiger partial charge on any atom is -0.494 e. The summed E-state index contributed by atoms with van der Waals surface area (Å²) < 4.78 is 20.8. The summed E-state index contributed by atoms with van der Waals surface area (Å²) in [5.74, 6) is 0.634. The van der Waals surface area contributed by atoms with Crippen molar-refractivity contribution in [2.24, 2.45) is 0 Å². The predicted octanol–water partition coefficient (Wildman–Crippen LogP) is 6.16. The summed E-state index contributed by atoms with van der Waals surface area (Å²) in [6.45, 7) is 2.77. The molecule has 2 aromatic carbocycles. The summed E-state index contributed by atoms with van der Waals surface area (Å²) in [5.41, 5.74) is 1.09. The largest absolute Gasteiger partial charge is 0.494 e. The third kappa shape index (κ3) is 6.52. The summed E-state index contributed by atoms with van der Waals surface area (Å²) in [7, 11) is 0. The zero-order valence-electron chi connectivity index (χ0n) is 15.7. The first-order valence-corrected chi connectivity index (χ1v) is 11.6. The Morgan fingerprint density at radius 1 is 1.24 bits per heavy atom. The number of ether oxygens (including phenoxy) is 1. The lowest BCUT2D eigenvalue weighted by Gasteiger charge is -2.06. The van der Waals surface area contributed by atoms with Gasteiger partial charge >= 0.3 is 0 Å². The number of carbonyl (C=O) groups is 1. The van der Waals surface area contributed by atoms with E-state index in [0.29, 0.717) is 37.4 Å². The van der Waals surface area contributed by atoms with Crippen LogP contribution < -0.4 is 10.1 Å². The Hall–Kier alpha value is -1.97. The second-order valence-electron chi connectivity index (χ2n) is 6.08. The fourth-order valence-electron chi connectivity index (χ4n) is 2.30. The second-order valence-corrected chi connectivity index (χ2v) is 9.19. The fourth-order valence-corrected chi connectivity index (χ4v) is 4.37. The molecule has 0 atom stereocenters. The quantitative estimate of drug-likeness (QED) is 0.218. The Balaban J connectivity index is 1.53. The van der Waals surface area contributed by atoms with E-state index >= 15 is 0 Å². The highest BCUT2D eigenvalue weighted by Gasteiger charge is 2.12. The SMILES string of the molecule is CCCCOc1ccc(C(=O)Nc2nnc(SCc3ccc(Br)cc3F)s2)cc1. The maximum atomic E-state index is 13.9. The Bertz CT molecular complexity index is 967. The summed E-state index contributed by atoms with van der Waals surface area (Å²) >= 11 is 5.86. The molecule has 0 bridgehead atoms. The summed E-state index contributed by atoms with van der Waals surface area (Å²) in [5, 5.41) is 11.2. The van der Waals surface area contributed by atoms with E-state index in [0.717, 1.165) is 18.6 Å². The van der Waals surface area contributed by atoms with E-state index in [9.17, 15) is 9.18 Å². The number of rotatable bonds is 9. The van der Waals surface area contributed by atoms with E-state index in [1.54, 1.807) is 36.4 Å². The van der Waals surface area contributed by atoms with Crippen LogP contribution in [0.5, 0.6) is 5.75 Å². The molecule has 29 heavy (non-hydrogen) atoms. The average molecular weight is 496 g/mol. The topological polar surface area (TPSA) is 64.1 Å². The molecule has 0 aliphatic carbocycles. The van der Waals surface area contributed by atoms with Gasteiger partial charge in [0.1, 0.15) is 11.6 Å². The highest BCUT2D eigenvalue weighted by Crippen LogP contribution is 2.30. The maximum absolute atomic E-state index is 13.9. The van der Waals surface area contributed by atoms with Crippen molar-refractivity contribution >= 4 is 50.1 Å². The molecule has 5 nitrogen and oxygen atoms in total. The molecule has 1 heterocycles. The molecule has 0 saturated heterocycles. The van der Waals surface area contributed by atoms with Gasteiger partial charge < -0.3 is 4.74 Å². The van der Waals surface area contributed by atoms with Crippen LogP contribution in [0.4, 0.5) is 9.52 Å². The van der Waals surface area contributed by atoms with Crippen LogP contribution in [0, 0.1) is 5.82 Å². The van der Waals surface area contributed by atoms with Gasteiger partial charge in [-0.1, -0.05) is 58.4 Å². The highest BCUT2D eigenvalue weighted by molar-refractivity contribution is 9.10. The first kappa shape index (κ1) is 21.7.